The molecule has 0 aliphatic rings. The van der Waals surface area contributed by atoms with Gasteiger partial charge in [-0.3, -0.25) is 4.99 Å². The van der Waals surface area contributed by atoms with E-state index in [1.807, 2.05) is 61.5 Å². The number of aliphatic hydroxyl groups is 1. The van der Waals surface area contributed by atoms with Crippen LogP contribution in [0.4, 0.5) is 0 Å². The molecule has 0 spiro atoms. The molecule has 5 nitrogen and oxygen atoms in total. The Kier molecular flexibility index (Phi) is 11.5. The Bertz CT molecular complexity index is 663. The molecule has 0 radical (unpaired) electrons. The Morgan fingerprint density at radius 2 is 1.78 bits per heavy atom. The third-order valence-corrected chi connectivity index (χ3v) is 3.99. The van der Waals surface area contributed by atoms with Crippen LogP contribution in [0.1, 0.15) is 24.0 Å². The second-order valence-corrected chi connectivity index (χ2v) is 6.10. The smallest absolute Gasteiger partial charge is 0.191 e. The Morgan fingerprint density at radius 3 is 2.41 bits per heavy atom. The molecule has 2 aromatic rings. The highest BCUT2D eigenvalue weighted by atomic mass is 127. The SMILES string of the molecule is CCNC(=NCC(CO)c1ccccc1)NCCOc1ccc(C)cc1.I. The lowest BCUT2D eigenvalue weighted by Crippen LogP contribution is -2.39. The first kappa shape index (κ1) is 23.2. The van der Waals surface area contributed by atoms with Crippen molar-refractivity contribution in [3.05, 3.63) is 65.7 Å². The van der Waals surface area contributed by atoms with Crippen LogP contribution in [0.25, 0.3) is 0 Å². The van der Waals surface area contributed by atoms with E-state index in [1.165, 1.54) is 5.56 Å². The van der Waals surface area contributed by atoms with Crippen molar-refractivity contribution in [3.8, 4) is 5.75 Å². The number of hydrogen-bond acceptors (Lipinski definition) is 3. The van der Waals surface area contributed by atoms with Crippen molar-refractivity contribution < 1.29 is 9.84 Å². The highest BCUT2D eigenvalue weighted by Gasteiger charge is 2.09. The molecule has 6 heteroatoms. The van der Waals surface area contributed by atoms with E-state index in [0.717, 1.165) is 23.8 Å². The lowest BCUT2D eigenvalue weighted by atomic mass is 10.0. The van der Waals surface area contributed by atoms with Gasteiger partial charge in [0.2, 0.25) is 0 Å². The third kappa shape index (κ3) is 8.62. The number of aliphatic hydroxyl groups excluding tert-OH is 1. The number of ether oxygens (including phenoxy) is 1. The highest BCUT2D eigenvalue weighted by molar-refractivity contribution is 14.0. The lowest BCUT2D eigenvalue weighted by molar-refractivity contribution is 0.268. The zero-order chi connectivity index (χ0) is 18.6. The van der Waals surface area contributed by atoms with Crippen LogP contribution in [0.5, 0.6) is 5.75 Å². The molecule has 0 amide bonds. The van der Waals surface area contributed by atoms with Crippen LogP contribution in [0.2, 0.25) is 0 Å². The van der Waals surface area contributed by atoms with Gasteiger partial charge in [-0.2, -0.15) is 0 Å². The average Bonchev–Trinajstić information content (AvgIpc) is 2.67. The summed E-state index contributed by atoms with van der Waals surface area (Å²) in [5.41, 5.74) is 2.31. The molecule has 2 aromatic carbocycles. The van der Waals surface area contributed by atoms with E-state index in [1.54, 1.807) is 0 Å². The van der Waals surface area contributed by atoms with E-state index < -0.39 is 0 Å². The molecule has 0 saturated heterocycles. The fourth-order valence-corrected chi connectivity index (χ4v) is 2.51. The van der Waals surface area contributed by atoms with Gasteiger partial charge in [0.25, 0.3) is 0 Å². The average molecular weight is 483 g/mol. The number of hydrogen-bond donors (Lipinski definition) is 3. The second-order valence-electron chi connectivity index (χ2n) is 6.10. The highest BCUT2D eigenvalue weighted by Crippen LogP contribution is 2.15. The van der Waals surface area contributed by atoms with Gasteiger partial charge in [-0.1, -0.05) is 48.0 Å². The number of nitrogens with zero attached hydrogens (tertiary/aromatic N) is 1. The van der Waals surface area contributed by atoms with Crippen molar-refractivity contribution in [2.24, 2.45) is 4.99 Å². The van der Waals surface area contributed by atoms with E-state index >= 15 is 0 Å². The number of nitrogens with one attached hydrogen (secondary N) is 2. The molecular weight excluding hydrogens is 453 g/mol. The van der Waals surface area contributed by atoms with Crippen LogP contribution in [-0.2, 0) is 0 Å². The maximum Gasteiger partial charge on any atom is 0.191 e. The fourth-order valence-electron chi connectivity index (χ4n) is 2.51. The Balaban J connectivity index is 0.00000364. The number of benzene rings is 2. The second kappa shape index (κ2) is 13.4. The van der Waals surface area contributed by atoms with Crippen molar-refractivity contribution >= 4 is 29.9 Å². The molecule has 3 N–H and O–H groups in total. The number of rotatable bonds is 9. The molecule has 2 rings (SSSR count). The number of halogens is 1. The van der Waals surface area contributed by atoms with E-state index in [2.05, 4.69) is 22.5 Å². The zero-order valence-electron chi connectivity index (χ0n) is 16.0. The van der Waals surface area contributed by atoms with E-state index in [0.29, 0.717) is 19.7 Å². The summed E-state index contributed by atoms with van der Waals surface area (Å²) in [6.45, 7) is 6.66. The third-order valence-electron chi connectivity index (χ3n) is 3.99. The van der Waals surface area contributed by atoms with Crippen molar-refractivity contribution in [2.75, 3.05) is 32.8 Å². The minimum absolute atomic E-state index is 0. The van der Waals surface area contributed by atoms with Crippen LogP contribution in [0, 0.1) is 6.92 Å². The molecular formula is C21H30IN3O2. The van der Waals surface area contributed by atoms with Gasteiger partial charge < -0.3 is 20.5 Å². The Morgan fingerprint density at radius 1 is 1.07 bits per heavy atom. The fraction of sp³-hybridized carbons (Fsp3) is 0.381. The van der Waals surface area contributed by atoms with Crippen LogP contribution in [0.15, 0.2) is 59.6 Å². The van der Waals surface area contributed by atoms with Crippen molar-refractivity contribution in [3.63, 3.8) is 0 Å². The summed E-state index contributed by atoms with van der Waals surface area (Å²) < 4.78 is 5.72. The lowest BCUT2D eigenvalue weighted by Gasteiger charge is -2.15. The summed E-state index contributed by atoms with van der Waals surface area (Å²) in [5.74, 6) is 1.59. The Hall–Kier alpha value is -1.80. The summed E-state index contributed by atoms with van der Waals surface area (Å²) >= 11 is 0. The summed E-state index contributed by atoms with van der Waals surface area (Å²) in [6.07, 6.45) is 0. The molecule has 0 heterocycles. The first-order chi connectivity index (χ1) is 12.7. The number of guanidine groups is 1. The quantitative estimate of drug-likeness (QED) is 0.222. The van der Waals surface area contributed by atoms with E-state index in [4.69, 9.17) is 4.74 Å². The Labute approximate surface area is 179 Å². The van der Waals surface area contributed by atoms with Crippen LogP contribution >= 0.6 is 24.0 Å². The van der Waals surface area contributed by atoms with Gasteiger partial charge in [0.1, 0.15) is 12.4 Å². The molecule has 148 valence electrons. The van der Waals surface area contributed by atoms with Crippen LogP contribution < -0.4 is 15.4 Å². The minimum atomic E-state index is -0.00420. The summed E-state index contributed by atoms with van der Waals surface area (Å²) in [4.78, 5) is 4.60. The van der Waals surface area contributed by atoms with Gasteiger partial charge in [-0.05, 0) is 31.5 Å². The number of aryl methyl sites for hydroxylation is 1. The molecule has 0 aliphatic heterocycles. The van der Waals surface area contributed by atoms with Gasteiger partial charge in [-0.15, -0.1) is 24.0 Å². The van der Waals surface area contributed by atoms with Gasteiger partial charge in [0, 0.05) is 12.5 Å². The maximum atomic E-state index is 9.65. The standard InChI is InChI=1S/C21H29N3O2.HI/c1-3-22-21(23-13-14-26-20-11-9-17(2)10-12-20)24-15-19(16-25)18-7-5-4-6-8-18;/h4-12,19,25H,3,13-16H2,1-2H3,(H2,22,23,24);1H. The molecule has 0 aliphatic carbocycles. The molecule has 1 unspecified atom stereocenters. The van der Waals surface area contributed by atoms with Gasteiger partial charge in [0.05, 0.1) is 19.7 Å². The molecule has 1 atom stereocenters. The first-order valence-electron chi connectivity index (χ1n) is 9.10. The van der Waals surface area contributed by atoms with Gasteiger partial charge in [0.15, 0.2) is 5.96 Å². The summed E-state index contributed by atoms with van der Waals surface area (Å²) in [7, 11) is 0. The normalized spacial score (nSPS) is 12.0. The molecule has 27 heavy (non-hydrogen) atoms. The predicted molar refractivity (Wildman–Crippen MR) is 122 cm³/mol. The molecule has 0 aromatic heterocycles. The van der Waals surface area contributed by atoms with Crippen LogP contribution in [0.3, 0.4) is 0 Å². The first-order valence-corrected chi connectivity index (χ1v) is 9.10. The van der Waals surface area contributed by atoms with Gasteiger partial charge in [-0.25, -0.2) is 0 Å². The van der Waals surface area contributed by atoms with E-state index in [9.17, 15) is 5.11 Å². The van der Waals surface area contributed by atoms with E-state index in [-0.39, 0.29) is 36.5 Å². The number of aliphatic imine (C=N–C) groups is 1. The molecule has 0 saturated carbocycles. The summed E-state index contributed by atoms with van der Waals surface area (Å²) in [5, 5.41) is 16.1. The van der Waals surface area contributed by atoms with Crippen molar-refractivity contribution in [2.45, 2.75) is 19.8 Å². The monoisotopic (exact) mass is 483 g/mol. The van der Waals surface area contributed by atoms with Crippen molar-refractivity contribution in [1.82, 2.24) is 10.6 Å². The zero-order valence-corrected chi connectivity index (χ0v) is 18.4. The predicted octanol–water partition coefficient (Wildman–Crippen LogP) is 3.32. The topological polar surface area (TPSA) is 65.9 Å². The molecule has 0 bridgehead atoms. The van der Waals surface area contributed by atoms with Gasteiger partial charge >= 0.3 is 0 Å². The minimum Gasteiger partial charge on any atom is -0.492 e. The van der Waals surface area contributed by atoms with Crippen molar-refractivity contribution in [1.29, 1.82) is 0 Å². The largest absolute Gasteiger partial charge is 0.492 e. The molecule has 0 fully saturated rings. The van der Waals surface area contributed by atoms with Crippen LogP contribution in [-0.4, -0.2) is 43.9 Å². The summed E-state index contributed by atoms with van der Waals surface area (Å²) in [6, 6.07) is 18.0. The maximum absolute atomic E-state index is 9.65.